The Kier molecular flexibility index (Phi) is 5.55. The fourth-order valence-electron chi connectivity index (χ4n) is 2.62. The molecule has 23 heavy (non-hydrogen) atoms. The molecule has 2 amide bonds. The molecule has 122 valence electrons. The maximum atomic E-state index is 12.1. The highest BCUT2D eigenvalue weighted by molar-refractivity contribution is 7.12. The van der Waals surface area contributed by atoms with Crippen LogP contribution < -0.4 is 11.1 Å². The van der Waals surface area contributed by atoms with Gasteiger partial charge in [0.15, 0.2) is 0 Å². The second-order valence-corrected chi connectivity index (χ2v) is 7.14. The number of benzene rings is 1. The van der Waals surface area contributed by atoms with E-state index >= 15 is 0 Å². The maximum Gasteiger partial charge on any atom is 0.249 e. The van der Waals surface area contributed by atoms with Crippen molar-refractivity contribution in [3.63, 3.8) is 0 Å². The molecule has 5 heteroatoms. The number of anilines is 1. The van der Waals surface area contributed by atoms with Crippen molar-refractivity contribution in [1.82, 2.24) is 0 Å². The van der Waals surface area contributed by atoms with E-state index < -0.39 is 5.91 Å². The van der Waals surface area contributed by atoms with Crippen LogP contribution in [0.5, 0.6) is 0 Å². The van der Waals surface area contributed by atoms with Crippen molar-refractivity contribution in [1.29, 1.82) is 0 Å². The monoisotopic (exact) mass is 330 g/mol. The number of nitrogens with one attached hydrogen (secondary N) is 1. The van der Waals surface area contributed by atoms with E-state index in [1.54, 1.807) is 36.5 Å². The molecule has 0 unspecified atom stereocenters. The molecular formula is C18H22N2O2S. The summed E-state index contributed by atoms with van der Waals surface area (Å²) in [6.45, 7) is 6.00. The molecule has 2 aromatic rings. The molecule has 0 atom stereocenters. The molecule has 0 aliphatic carbocycles. The standard InChI is InChI=1S/C18H22N2O2S/c1-11-10-14(13(3)23-11)6-4-9-17(21)20-16-8-5-7-15(12(16)2)18(19)22/h5,7-8,10H,4,6,9H2,1-3H3,(H2,19,22)(H,20,21). The molecule has 0 aliphatic rings. The lowest BCUT2D eigenvalue weighted by molar-refractivity contribution is -0.116. The Labute approximate surface area is 140 Å². The van der Waals surface area contributed by atoms with Gasteiger partial charge in [-0.05, 0) is 62.9 Å². The molecular weight excluding hydrogens is 308 g/mol. The Morgan fingerprint density at radius 3 is 2.57 bits per heavy atom. The summed E-state index contributed by atoms with van der Waals surface area (Å²) >= 11 is 1.79. The zero-order valence-corrected chi connectivity index (χ0v) is 14.5. The molecule has 0 fully saturated rings. The number of thiophene rings is 1. The van der Waals surface area contributed by atoms with Gasteiger partial charge in [-0.3, -0.25) is 9.59 Å². The van der Waals surface area contributed by atoms with Crippen LogP contribution in [-0.2, 0) is 11.2 Å². The zero-order valence-electron chi connectivity index (χ0n) is 13.7. The van der Waals surface area contributed by atoms with Crippen LogP contribution in [0.1, 0.15) is 44.1 Å². The van der Waals surface area contributed by atoms with Gasteiger partial charge in [0.2, 0.25) is 11.8 Å². The summed E-state index contributed by atoms with van der Waals surface area (Å²) in [5, 5.41) is 2.87. The average molecular weight is 330 g/mol. The van der Waals surface area contributed by atoms with Crippen LogP contribution in [0, 0.1) is 20.8 Å². The SMILES string of the molecule is Cc1cc(CCCC(=O)Nc2cccc(C(N)=O)c2C)c(C)s1. The van der Waals surface area contributed by atoms with Crippen LogP contribution in [0.25, 0.3) is 0 Å². The highest BCUT2D eigenvalue weighted by Gasteiger charge is 2.11. The quantitative estimate of drug-likeness (QED) is 0.847. The van der Waals surface area contributed by atoms with Gasteiger partial charge in [0, 0.05) is 27.4 Å². The number of primary amides is 1. The Balaban J connectivity index is 1.91. The van der Waals surface area contributed by atoms with Crippen molar-refractivity contribution < 1.29 is 9.59 Å². The van der Waals surface area contributed by atoms with Crippen LogP contribution in [-0.4, -0.2) is 11.8 Å². The first-order chi connectivity index (χ1) is 10.9. The zero-order chi connectivity index (χ0) is 17.0. The molecule has 1 heterocycles. The lowest BCUT2D eigenvalue weighted by Gasteiger charge is -2.10. The third-order valence-corrected chi connectivity index (χ3v) is 4.88. The minimum absolute atomic E-state index is 0.0423. The smallest absolute Gasteiger partial charge is 0.249 e. The van der Waals surface area contributed by atoms with E-state index in [9.17, 15) is 9.59 Å². The van der Waals surface area contributed by atoms with Gasteiger partial charge in [-0.25, -0.2) is 0 Å². The van der Waals surface area contributed by atoms with E-state index in [1.165, 1.54) is 15.3 Å². The second kappa shape index (κ2) is 7.42. The van der Waals surface area contributed by atoms with Crippen LogP contribution in [0.4, 0.5) is 5.69 Å². The Morgan fingerprint density at radius 1 is 1.22 bits per heavy atom. The first kappa shape index (κ1) is 17.2. The second-order valence-electron chi connectivity index (χ2n) is 5.68. The first-order valence-corrected chi connectivity index (χ1v) is 8.45. The van der Waals surface area contributed by atoms with E-state index in [0.717, 1.165) is 12.8 Å². The lowest BCUT2D eigenvalue weighted by atomic mass is 10.1. The van der Waals surface area contributed by atoms with Gasteiger partial charge in [-0.1, -0.05) is 6.07 Å². The van der Waals surface area contributed by atoms with Crippen LogP contribution in [0.2, 0.25) is 0 Å². The highest BCUT2D eigenvalue weighted by Crippen LogP contribution is 2.23. The third-order valence-electron chi connectivity index (χ3n) is 3.87. The molecule has 4 nitrogen and oxygen atoms in total. The fraction of sp³-hybridized carbons (Fsp3) is 0.333. The summed E-state index contributed by atoms with van der Waals surface area (Å²) in [6.07, 6.45) is 2.16. The third kappa shape index (κ3) is 4.42. The van der Waals surface area contributed by atoms with Crippen LogP contribution in [0.3, 0.4) is 0 Å². The topological polar surface area (TPSA) is 72.2 Å². The summed E-state index contributed by atoms with van der Waals surface area (Å²) in [7, 11) is 0. The Bertz CT molecular complexity index is 735. The molecule has 0 saturated carbocycles. The van der Waals surface area contributed by atoms with Crippen molar-refractivity contribution in [3.05, 3.63) is 50.7 Å². The van der Waals surface area contributed by atoms with E-state index in [0.29, 0.717) is 23.2 Å². The molecule has 0 saturated heterocycles. The normalized spacial score (nSPS) is 10.6. The Morgan fingerprint density at radius 2 is 1.96 bits per heavy atom. The molecule has 2 rings (SSSR count). The number of hydrogen-bond acceptors (Lipinski definition) is 3. The van der Waals surface area contributed by atoms with Crippen LogP contribution >= 0.6 is 11.3 Å². The van der Waals surface area contributed by atoms with Gasteiger partial charge >= 0.3 is 0 Å². The predicted octanol–water partition coefficient (Wildman–Crippen LogP) is 3.73. The number of carbonyl (C=O) groups is 2. The minimum atomic E-state index is -0.484. The summed E-state index contributed by atoms with van der Waals surface area (Å²) in [5.74, 6) is -0.527. The van der Waals surface area contributed by atoms with Gasteiger partial charge in [0.25, 0.3) is 0 Å². The highest BCUT2D eigenvalue weighted by atomic mass is 32.1. The summed E-state index contributed by atoms with van der Waals surface area (Å²) < 4.78 is 0. The predicted molar refractivity (Wildman–Crippen MR) is 95.1 cm³/mol. The number of amides is 2. The van der Waals surface area contributed by atoms with E-state index in [-0.39, 0.29) is 5.91 Å². The molecule has 1 aromatic carbocycles. The molecule has 0 aliphatic heterocycles. The molecule has 3 N–H and O–H groups in total. The van der Waals surface area contributed by atoms with Crippen molar-refractivity contribution in [2.24, 2.45) is 5.73 Å². The minimum Gasteiger partial charge on any atom is -0.366 e. The number of carbonyl (C=O) groups excluding carboxylic acids is 2. The average Bonchev–Trinajstić information content (AvgIpc) is 2.79. The molecule has 1 aromatic heterocycles. The van der Waals surface area contributed by atoms with Gasteiger partial charge in [0.05, 0.1) is 0 Å². The fourth-order valence-corrected chi connectivity index (χ4v) is 3.60. The number of hydrogen-bond donors (Lipinski definition) is 2. The van der Waals surface area contributed by atoms with Gasteiger partial charge in [-0.2, -0.15) is 0 Å². The summed E-state index contributed by atoms with van der Waals surface area (Å²) in [6, 6.07) is 7.36. The molecule has 0 radical (unpaired) electrons. The van der Waals surface area contributed by atoms with Crippen LogP contribution in [0.15, 0.2) is 24.3 Å². The maximum absolute atomic E-state index is 12.1. The van der Waals surface area contributed by atoms with Crippen molar-refractivity contribution in [2.45, 2.75) is 40.0 Å². The van der Waals surface area contributed by atoms with E-state index in [4.69, 9.17) is 5.73 Å². The summed E-state index contributed by atoms with van der Waals surface area (Å²) in [5.41, 5.74) is 8.44. The van der Waals surface area contributed by atoms with Gasteiger partial charge in [0.1, 0.15) is 0 Å². The Hall–Kier alpha value is -2.14. The van der Waals surface area contributed by atoms with E-state index in [1.807, 2.05) is 0 Å². The summed E-state index contributed by atoms with van der Waals surface area (Å²) in [4.78, 5) is 26.1. The number of nitrogens with two attached hydrogens (primary N) is 1. The molecule has 0 bridgehead atoms. The number of aryl methyl sites for hydroxylation is 3. The van der Waals surface area contributed by atoms with E-state index in [2.05, 4.69) is 25.2 Å². The first-order valence-electron chi connectivity index (χ1n) is 7.63. The lowest BCUT2D eigenvalue weighted by Crippen LogP contribution is -2.16. The largest absolute Gasteiger partial charge is 0.366 e. The molecule has 0 spiro atoms. The van der Waals surface area contributed by atoms with Gasteiger partial charge in [-0.15, -0.1) is 11.3 Å². The van der Waals surface area contributed by atoms with Crippen molar-refractivity contribution in [3.8, 4) is 0 Å². The number of rotatable bonds is 6. The van der Waals surface area contributed by atoms with Crippen molar-refractivity contribution in [2.75, 3.05) is 5.32 Å². The van der Waals surface area contributed by atoms with Gasteiger partial charge < -0.3 is 11.1 Å². The van der Waals surface area contributed by atoms with Crippen molar-refractivity contribution >= 4 is 28.8 Å².